The van der Waals surface area contributed by atoms with Gasteiger partial charge in [-0.25, -0.2) is 0 Å². The largest absolute Gasteiger partial charge is 0.569 e. The maximum atomic E-state index is 11.6. The Hall–Kier alpha value is -1.53. The van der Waals surface area contributed by atoms with E-state index in [0.717, 1.165) is 0 Å². The first-order chi connectivity index (χ1) is 8.21. The van der Waals surface area contributed by atoms with Crippen molar-refractivity contribution < 1.29 is 14.6 Å². The molecule has 0 aromatic heterocycles. The van der Waals surface area contributed by atoms with Crippen molar-refractivity contribution in [3.8, 4) is 0 Å². The summed E-state index contributed by atoms with van der Waals surface area (Å²) in [5.41, 5.74) is -0.324. The second-order valence-electron chi connectivity index (χ2n) is 5.51. The van der Waals surface area contributed by atoms with Crippen LogP contribution in [0.4, 0.5) is 0 Å². The number of nitrogens with zero attached hydrogens (tertiary/aromatic N) is 4. The lowest BCUT2D eigenvalue weighted by molar-refractivity contribution is -0.720. The maximum absolute atomic E-state index is 11.6. The Morgan fingerprint density at radius 3 is 2.61 bits per heavy atom. The Labute approximate surface area is 108 Å². The van der Waals surface area contributed by atoms with Gasteiger partial charge in [-0.15, -0.1) is 5.01 Å². The molecular formula is C11H22N4O3. The van der Waals surface area contributed by atoms with Crippen LogP contribution in [-0.4, -0.2) is 52.6 Å². The van der Waals surface area contributed by atoms with Crippen LogP contribution < -0.4 is 0 Å². The Kier molecular flexibility index (Phi) is 4.37. The van der Waals surface area contributed by atoms with E-state index in [1.54, 1.807) is 11.9 Å². The van der Waals surface area contributed by atoms with Crippen molar-refractivity contribution in [2.24, 2.45) is 5.28 Å². The molecule has 104 valence electrons. The molecule has 0 radical (unpaired) electrons. The van der Waals surface area contributed by atoms with Gasteiger partial charge in [-0.2, -0.15) is 0 Å². The van der Waals surface area contributed by atoms with Crippen LogP contribution >= 0.6 is 0 Å². The van der Waals surface area contributed by atoms with Gasteiger partial charge in [0.2, 0.25) is 11.2 Å². The minimum Gasteiger partial charge on any atom is -0.569 e. The SMILES string of the molecule is CC(=O)N1CC[C@@H](O/N=[N+](/[O-])N(C)C(C)(C)C)C1. The molecule has 0 unspecified atom stereocenters. The van der Waals surface area contributed by atoms with E-state index in [1.165, 1.54) is 11.9 Å². The summed E-state index contributed by atoms with van der Waals surface area (Å²) >= 11 is 0. The van der Waals surface area contributed by atoms with Crippen LogP contribution in [0.3, 0.4) is 0 Å². The molecule has 1 atom stereocenters. The number of likely N-dealkylation sites (tertiary alicyclic amines) is 1. The molecular weight excluding hydrogens is 236 g/mol. The molecule has 0 N–H and O–H groups in total. The van der Waals surface area contributed by atoms with Crippen LogP contribution in [0, 0.1) is 5.21 Å². The third-order valence-electron chi connectivity index (χ3n) is 3.08. The van der Waals surface area contributed by atoms with Gasteiger partial charge in [-0.1, -0.05) is 0 Å². The van der Waals surface area contributed by atoms with Crippen molar-refractivity contribution in [2.45, 2.75) is 45.8 Å². The van der Waals surface area contributed by atoms with Gasteiger partial charge in [-0.05, 0) is 20.8 Å². The van der Waals surface area contributed by atoms with E-state index in [1.807, 2.05) is 20.8 Å². The average Bonchev–Trinajstić information content (AvgIpc) is 2.72. The standard InChI is InChI=1S/C11H22N4O3/c1-9(16)14-7-6-10(8-14)18-12-15(17)13(5)11(2,3)4/h10H,6-8H2,1-5H3/b15-12+/t10-/m1/s1. The first-order valence-corrected chi connectivity index (χ1v) is 6.05. The summed E-state index contributed by atoms with van der Waals surface area (Å²) in [7, 11) is 1.65. The number of hydrogen-bond donors (Lipinski definition) is 0. The lowest BCUT2D eigenvalue weighted by Crippen LogP contribution is -2.42. The lowest BCUT2D eigenvalue weighted by Gasteiger charge is -2.26. The predicted molar refractivity (Wildman–Crippen MR) is 65.3 cm³/mol. The molecule has 1 aliphatic rings. The van der Waals surface area contributed by atoms with Gasteiger partial charge in [0, 0.05) is 19.9 Å². The van der Waals surface area contributed by atoms with Crippen molar-refractivity contribution in [1.82, 2.24) is 9.91 Å². The number of rotatable bonds is 3. The molecule has 0 spiro atoms. The fourth-order valence-electron chi connectivity index (χ4n) is 1.52. The number of hydrazine groups is 1. The molecule has 1 heterocycles. The third-order valence-corrected chi connectivity index (χ3v) is 3.08. The van der Waals surface area contributed by atoms with E-state index in [-0.39, 0.29) is 17.6 Å². The highest BCUT2D eigenvalue weighted by atomic mass is 16.7. The maximum Gasteiger partial charge on any atom is 0.233 e. The minimum absolute atomic E-state index is 0.0203. The Morgan fingerprint density at radius 1 is 1.56 bits per heavy atom. The summed E-state index contributed by atoms with van der Waals surface area (Å²) in [5.74, 6) is 0.0203. The molecule has 0 aromatic carbocycles. The summed E-state index contributed by atoms with van der Waals surface area (Å²) in [6.45, 7) is 8.38. The first-order valence-electron chi connectivity index (χ1n) is 6.05. The summed E-state index contributed by atoms with van der Waals surface area (Å²) in [5, 5.41) is 16.6. The van der Waals surface area contributed by atoms with Gasteiger partial charge >= 0.3 is 0 Å². The van der Waals surface area contributed by atoms with Crippen LogP contribution in [0.25, 0.3) is 0 Å². The molecule has 0 aromatic rings. The van der Waals surface area contributed by atoms with Gasteiger partial charge < -0.3 is 14.9 Å². The highest BCUT2D eigenvalue weighted by molar-refractivity contribution is 5.73. The Bertz CT molecular complexity index is 338. The van der Waals surface area contributed by atoms with E-state index in [9.17, 15) is 10.0 Å². The van der Waals surface area contributed by atoms with E-state index < -0.39 is 0 Å². The van der Waals surface area contributed by atoms with Crippen molar-refractivity contribution in [3.63, 3.8) is 0 Å². The first kappa shape index (κ1) is 14.5. The third kappa shape index (κ3) is 3.75. The highest BCUT2D eigenvalue weighted by Crippen LogP contribution is 2.14. The number of carbonyl (C=O) groups excluding carboxylic acids is 1. The van der Waals surface area contributed by atoms with Crippen molar-refractivity contribution in [1.29, 1.82) is 0 Å². The number of carbonyl (C=O) groups is 1. The molecule has 0 bridgehead atoms. The van der Waals surface area contributed by atoms with Gasteiger partial charge in [0.1, 0.15) is 0 Å². The molecule has 0 aliphatic carbocycles. The lowest BCUT2D eigenvalue weighted by atomic mass is 10.1. The quantitative estimate of drug-likeness (QED) is 0.432. The van der Waals surface area contributed by atoms with Crippen LogP contribution in [0.15, 0.2) is 5.28 Å². The molecule has 1 saturated heterocycles. The van der Waals surface area contributed by atoms with Gasteiger partial charge in [0.15, 0.2) is 6.10 Å². The topological polar surface area (TPSA) is 71.2 Å². The minimum atomic E-state index is -0.324. The predicted octanol–water partition coefficient (Wildman–Crippen LogP) is 1.15. The molecule has 7 nitrogen and oxygen atoms in total. The van der Waals surface area contributed by atoms with Crippen molar-refractivity contribution in [2.75, 3.05) is 20.1 Å². The second-order valence-corrected chi connectivity index (χ2v) is 5.51. The van der Waals surface area contributed by atoms with Crippen molar-refractivity contribution in [3.05, 3.63) is 5.21 Å². The normalized spacial score (nSPS) is 21.1. The number of amides is 1. The molecule has 7 heteroatoms. The summed E-state index contributed by atoms with van der Waals surface area (Å²) in [6.07, 6.45) is 0.509. The molecule has 0 saturated carbocycles. The van der Waals surface area contributed by atoms with Crippen LogP contribution in [0.2, 0.25) is 0 Å². The van der Waals surface area contributed by atoms with Gasteiger partial charge in [0.25, 0.3) is 0 Å². The van der Waals surface area contributed by atoms with Crippen LogP contribution in [-0.2, 0) is 9.63 Å². The fourth-order valence-corrected chi connectivity index (χ4v) is 1.52. The zero-order chi connectivity index (χ0) is 13.9. The zero-order valence-electron chi connectivity index (χ0n) is 11.7. The average molecular weight is 258 g/mol. The molecule has 1 rings (SSSR count). The highest BCUT2D eigenvalue weighted by Gasteiger charge is 2.28. The Morgan fingerprint density at radius 2 is 2.17 bits per heavy atom. The monoisotopic (exact) mass is 258 g/mol. The van der Waals surface area contributed by atoms with E-state index >= 15 is 0 Å². The van der Waals surface area contributed by atoms with E-state index in [0.29, 0.717) is 24.5 Å². The molecule has 1 aliphatic heterocycles. The number of hydrogen-bond acceptors (Lipinski definition) is 4. The smallest absolute Gasteiger partial charge is 0.233 e. The zero-order valence-corrected chi connectivity index (χ0v) is 11.7. The fraction of sp³-hybridized carbons (Fsp3) is 0.909. The summed E-state index contributed by atoms with van der Waals surface area (Å²) < 4.78 is 0. The van der Waals surface area contributed by atoms with E-state index in [2.05, 4.69) is 5.28 Å². The molecule has 1 fully saturated rings. The molecule has 18 heavy (non-hydrogen) atoms. The second kappa shape index (κ2) is 5.41. The summed E-state index contributed by atoms with van der Waals surface area (Å²) in [6, 6.07) is 0. The van der Waals surface area contributed by atoms with Crippen molar-refractivity contribution >= 4 is 5.91 Å². The van der Waals surface area contributed by atoms with Crippen LogP contribution in [0.5, 0.6) is 0 Å². The molecule has 1 amide bonds. The van der Waals surface area contributed by atoms with Crippen LogP contribution in [0.1, 0.15) is 34.1 Å². The van der Waals surface area contributed by atoms with E-state index in [4.69, 9.17) is 4.84 Å². The Balaban J connectivity index is 2.48. The van der Waals surface area contributed by atoms with Gasteiger partial charge in [-0.3, -0.25) is 4.79 Å². The van der Waals surface area contributed by atoms with Gasteiger partial charge in [0.05, 0.1) is 24.1 Å². The summed E-state index contributed by atoms with van der Waals surface area (Å²) in [4.78, 5) is 18.4.